The second-order valence-corrected chi connectivity index (χ2v) is 6.15. The van der Waals surface area contributed by atoms with E-state index in [0.717, 1.165) is 29.0 Å². The minimum Gasteiger partial charge on any atom is -0.274 e. The molecule has 0 atom stereocenters. The molecule has 0 bridgehead atoms. The van der Waals surface area contributed by atoms with Crippen molar-refractivity contribution in [1.82, 2.24) is 9.78 Å². The van der Waals surface area contributed by atoms with Crippen molar-refractivity contribution in [2.24, 2.45) is 7.05 Å². The SMILES string of the molecule is CCCc1cc(Cl)c(-c2cn(C)nc2C#N)c(C2CC2)c1. The lowest BCUT2D eigenvalue weighted by molar-refractivity contribution is 0.763. The first-order chi connectivity index (χ1) is 10.1. The van der Waals surface area contributed by atoms with Gasteiger partial charge in [-0.05, 0) is 42.4 Å². The third-order valence-electron chi connectivity index (χ3n) is 3.94. The van der Waals surface area contributed by atoms with Gasteiger partial charge in [-0.2, -0.15) is 10.4 Å². The lowest BCUT2D eigenvalue weighted by Crippen LogP contribution is -1.94. The Bertz CT molecular complexity index is 720. The van der Waals surface area contributed by atoms with Gasteiger partial charge in [0.1, 0.15) is 6.07 Å². The number of aryl methyl sites for hydroxylation is 2. The predicted molar refractivity (Wildman–Crippen MR) is 84.3 cm³/mol. The number of hydrogen-bond acceptors (Lipinski definition) is 2. The van der Waals surface area contributed by atoms with Gasteiger partial charge in [-0.1, -0.05) is 31.0 Å². The van der Waals surface area contributed by atoms with Gasteiger partial charge in [-0.25, -0.2) is 0 Å². The fourth-order valence-corrected chi connectivity index (χ4v) is 3.22. The van der Waals surface area contributed by atoms with Crippen LogP contribution in [-0.4, -0.2) is 9.78 Å². The third-order valence-corrected chi connectivity index (χ3v) is 4.24. The van der Waals surface area contributed by atoms with Crippen molar-refractivity contribution < 1.29 is 0 Å². The van der Waals surface area contributed by atoms with Crippen molar-refractivity contribution in [3.63, 3.8) is 0 Å². The van der Waals surface area contributed by atoms with Crippen molar-refractivity contribution in [1.29, 1.82) is 5.26 Å². The maximum Gasteiger partial charge on any atom is 0.170 e. The smallest absolute Gasteiger partial charge is 0.170 e. The number of nitriles is 1. The van der Waals surface area contributed by atoms with Crippen molar-refractivity contribution in [3.8, 4) is 17.2 Å². The van der Waals surface area contributed by atoms with Crippen molar-refractivity contribution in [2.45, 2.75) is 38.5 Å². The molecular formula is C17H18ClN3. The standard InChI is InChI=1S/C17H18ClN3/c1-3-4-11-7-13(12-5-6-12)17(15(18)8-11)14-10-21(2)20-16(14)9-19/h7-8,10,12H,3-6H2,1-2H3. The molecule has 0 N–H and O–H groups in total. The van der Waals surface area contributed by atoms with E-state index in [4.69, 9.17) is 11.6 Å². The summed E-state index contributed by atoms with van der Waals surface area (Å²) >= 11 is 6.57. The van der Waals surface area contributed by atoms with Gasteiger partial charge in [0.05, 0.1) is 0 Å². The summed E-state index contributed by atoms with van der Waals surface area (Å²) in [6.07, 6.45) is 6.46. The monoisotopic (exact) mass is 299 g/mol. The van der Waals surface area contributed by atoms with Gasteiger partial charge in [0.2, 0.25) is 0 Å². The Morgan fingerprint density at radius 3 is 2.81 bits per heavy atom. The molecule has 21 heavy (non-hydrogen) atoms. The van der Waals surface area contributed by atoms with E-state index in [9.17, 15) is 5.26 Å². The van der Waals surface area contributed by atoms with Crippen LogP contribution in [0.4, 0.5) is 0 Å². The summed E-state index contributed by atoms with van der Waals surface area (Å²) in [5.41, 5.74) is 4.88. The molecule has 0 saturated heterocycles. The second-order valence-electron chi connectivity index (χ2n) is 5.74. The molecule has 0 spiro atoms. The van der Waals surface area contributed by atoms with Crippen LogP contribution in [0.3, 0.4) is 0 Å². The Morgan fingerprint density at radius 1 is 1.43 bits per heavy atom. The van der Waals surface area contributed by atoms with E-state index >= 15 is 0 Å². The lowest BCUT2D eigenvalue weighted by atomic mass is 9.93. The highest BCUT2D eigenvalue weighted by atomic mass is 35.5. The molecule has 0 unspecified atom stereocenters. The molecule has 1 aliphatic rings. The van der Waals surface area contributed by atoms with Gasteiger partial charge < -0.3 is 0 Å². The number of aromatic nitrogens is 2. The van der Waals surface area contributed by atoms with Crippen LogP contribution in [-0.2, 0) is 13.5 Å². The number of nitrogens with zero attached hydrogens (tertiary/aromatic N) is 3. The van der Waals surface area contributed by atoms with Gasteiger partial charge in [-0.15, -0.1) is 0 Å². The molecule has 1 saturated carbocycles. The number of rotatable bonds is 4. The largest absolute Gasteiger partial charge is 0.274 e. The van der Waals surface area contributed by atoms with Gasteiger partial charge in [0.25, 0.3) is 0 Å². The fraction of sp³-hybridized carbons (Fsp3) is 0.412. The van der Waals surface area contributed by atoms with Crippen molar-refractivity contribution in [3.05, 3.63) is 40.2 Å². The van der Waals surface area contributed by atoms with E-state index < -0.39 is 0 Å². The summed E-state index contributed by atoms with van der Waals surface area (Å²) in [6, 6.07) is 6.49. The first-order valence-electron chi connectivity index (χ1n) is 7.40. The molecule has 1 aromatic carbocycles. The zero-order valence-corrected chi connectivity index (χ0v) is 13.1. The molecule has 108 valence electrons. The maximum absolute atomic E-state index is 9.30. The predicted octanol–water partition coefficient (Wildman–Crippen LogP) is 4.44. The van der Waals surface area contributed by atoms with Crippen LogP contribution in [0.5, 0.6) is 0 Å². The zero-order chi connectivity index (χ0) is 15.0. The molecule has 3 rings (SSSR count). The number of benzene rings is 1. The lowest BCUT2D eigenvalue weighted by Gasteiger charge is -2.13. The zero-order valence-electron chi connectivity index (χ0n) is 12.4. The van der Waals surface area contributed by atoms with Gasteiger partial charge in [-0.3, -0.25) is 4.68 Å². The highest BCUT2D eigenvalue weighted by molar-refractivity contribution is 6.33. The van der Waals surface area contributed by atoms with E-state index in [-0.39, 0.29) is 0 Å². The summed E-state index contributed by atoms with van der Waals surface area (Å²) in [7, 11) is 1.83. The van der Waals surface area contributed by atoms with Crippen LogP contribution in [0.2, 0.25) is 5.02 Å². The molecule has 1 heterocycles. The molecule has 1 aromatic heterocycles. The number of halogens is 1. The molecule has 0 radical (unpaired) electrons. The highest BCUT2D eigenvalue weighted by Gasteiger charge is 2.29. The Balaban J connectivity index is 2.19. The van der Waals surface area contributed by atoms with Gasteiger partial charge in [0, 0.05) is 29.4 Å². The first-order valence-corrected chi connectivity index (χ1v) is 7.78. The molecule has 1 aliphatic carbocycles. The topological polar surface area (TPSA) is 41.6 Å². The van der Waals surface area contributed by atoms with Crippen LogP contribution in [0.1, 0.15) is 48.9 Å². The molecule has 2 aromatic rings. The van der Waals surface area contributed by atoms with E-state index in [1.165, 1.54) is 24.0 Å². The van der Waals surface area contributed by atoms with E-state index in [1.54, 1.807) is 4.68 Å². The Hall–Kier alpha value is -1.79. The van der Waals surface area contributed by atoms with Crippen LogP contribution < -0.4 is 0 Å². The maximum atomic E-state index is 9.30. The normalized spacial score (nSPS) is 14.2. The van der Waals surface area contributed by atoms with Crippen LogP contribution in [0.25, 0.3) is 11.1 Å². The summed E-state index contributed by atoms with van der Waals surface area (Å²) in [4.78, 5) is 0. The summed E-state index contributed by atoms with van der Waals surface area (Å²) < 4.78 is 1.68. The van der Waals surface area contributed by atoms with E-state index in [0.29, 0.717) is 11.6 Å². The Labute approximate surface area is 130 Å². The second kappa shape index (κ2) is 5.54. The third kappa shape index (κ3) is 2.69. The van der Waals surface area contributed by atoms with Crippen molar-refractivity contribution >= 4 is 11.6 Å². The van der Waals surface area contributed by atoms with Crippen LogP contribution in [0.15, 0.2) is 18.3 Å². The quantitative estimate of drug-likeness (QED) is 0.837. The van der Waals surface area contributed by atoms with Crippen LogP contribution in [0, 0.1) is 11.3 Å². The minimum absolute atomic E-state index is 0.449. The highest BCUT2D eigenvalue weighted by Crippen LogP contribution is 2.47. The molecular weight excluding hydrogens is 282 g/mol. The summed E-state index contributed by atoms with van der Waals surface area (Å²) in [5, 5.41) is 14.3. The Morgan fingerprint density at radius 2 is 2.19 bits per heavy atom. The van der Waals surface area contributed by atoms with Gasteiger partial charge >= 0.3 is 0 Å². The molecule has 4 heteroatoms. The molecule has 1 fully saturated rings. The Kier molecular flexibility index (Phi) is 3.73. The molecule has 0 amide bonds. The number of hydrogen-bond donors (Lipinski definition) is 0. The first kappa shape index (κ1) is 14.2. The summed E-state index contributed by atoms with van der Waals surface area (Å²) in [6.45, 7) is 2.17. The van der Waals surface area contributed by atoms with E-state index in [2.05, 4.69) is 24.2 Å². The molecule has 0 aliphatic heterocycles. The molecule has 3 nitrogen and oxygen atoms in total. The fourth-order valence-electron chi connectivity index (χ4n) is 2.87. The average Bonchev–Trinajstić information content (AvgIpc) is 3.22. The average molecular weight is 300 g/mol. The van der Waals surface area contributed by atoms with Crippen LogP contribution >= 0.6 is 11.6 Å². The van der Waals surface area contributed by atoms with Gasteiger partial charge in [0.15, 0.2) is 5.69 Å². The summed E-state index contributed by atoms with van der Waals surface area (Å²) in [5.74, 6) is 0.584. The van der Waals surface area contributed by atoms with E-state index in [1.807, 2.05) is 19.3 Å². The minimum atomic E-state index is 0.449. The van der Waals surface area contributed by atoms with Crippen molar-refractivity contribution in [2.75, 3.05) is 0 Å².